The number of hydrogen-bond acceptors (Lipinski definition) is 5. The van der Waals surface area contributed by atoms with Crippen molar-refractivity contribution in [3.63, 3.8) is 0 Å². The van der Waals surface area contributed by atoms with Crippen molar-refractivity contribution < 1.29 is 14.4 Å². The summed E-state index contributed by atoms with van der Waals surface area (Å²) in [5.74, 6) is 1.04. The van der Waals surface area contributed by atoms with Gasteiger partial charge in [0, 0.05) is 32.1 Å². The third-order valence-electron chi connectivity index (χ3n) is 2.80. The van der Waals surface area contributed by atoms with E-state index in [1.165, 1.54) is 0 Å². The van der Waals surface area contributed by atoms with Gasteiger partial charge >= 0.3 is 0 Å². The monoisotopic (exact) mass is 239 g/mol. The van der Waals surface area contributed by atoms with Crippen LogP contribution >= 0.6 is 0 Å². The van der Waals surface area contributed by atoms with Gasteiger partial charge in [0.05, 0.1) is 6.10 Å². The maximum atomic E-state index is 11.6. The number of anilines is 1. The number of aryl methyl sites for hydroxylation is 1. The zero-order valence-electron chi connectivity index (χ0n) is 9.85. The normalized spacial score (nSPS) is 20.7. The number of hydrogen-bond donors (Lipinski definition) is 2. The molecular formula is C11H17N3O3. The van der Waals surface area contributed by atoms with Crippen molar-refractivity contribution in [3.8, 4) is 0 Å². The predicted molar refractivity (Wildman–Crippen MR) is 61.6 cm³/mol. The number of carbonyl (C=O) groups excluding carboxylic acids is 1. The largest absolute Gasteiger partial charge is 0.392 e. The average molecular weight is 239 g/mol. The molecule has 6 heteroatoms. The standard InChI is InChI=1S/C11H17N3O3/c1-8-6-10(13-17-8)12-11(16)3-5-14-4-2-9(15)7-14/h6,9,15H,2-5,7H2,1H3,(H,12,13,16). The molecule has 0 radical (unpaired) electrons. The Morgan fingerprint density at radius 3 is 3.18 bits per heavy atom. The zero-order valence-corrected chi connectivity index (χ0v) is 9.85. The van der Waals surface area contributed by atoms with Crippen LogP contribution in [0.15, 0.2) is 10.6 Å². The molecule has 1 aromatic heterocycles. The van der Waals surface area contributed by atoms with Crippen molar-refractivity contribution >= 4 is 11.7 Å². The average Bonchev–Trinajstić information content (AvgIpc) is 2.85. The maximum Gasteiger partial charge on any atom is 0.226 e. The Morgan fingerprint density at radius 2 is 2.59 bits per heavy atom. The first kappa shape index (κ1) is 12.1. The van der Waals surface area contributed by atoms with Gasteiger partial charge in [-0.3, -0.25) is 4.79 Å². The quantitative estimate of drug-likeness (QED) is 0.794. The van der Waals surface area contributed by atoms with Gasteiger partial charge in [-0.1, -0.05) is 5.16 Å². The van der Waals surface area contributed by atoms with Crippen LogP contribution in [0.4, 0.5) is 5.82 Å². The number of nitrogens with zero attached hydrogens (tertiary/aromatic N) is 2. The van der Waals surface area contributed by atoms with Crippen molar-refractivity contribution in [1.29, 1.82) is 0 Å². The molecule has 17 heavy (non-hydrogen) atoms. The molecule has 0 bridgehead atoms. The second kappa shape index (κ2) is 5.29. The number of aliphatic hydroxyl groups is 1. The number of β-amino-alcohol motifs (C(OH)–C–C–N with tert-alkyl or cyclic N) is 1. The highest BCUT2D eigenvalue weighted by Gasteiger charge is 2.20. The van der Waals surface area contributed by atoms with Crippen LogP contribution in [0.5, 0.6) is 0 Å². The molecule has 2 rings (SSSR count). The van der Waals surface area contributed by atoms with Crippen LogP contribution in [0.1, 0.15) is 18.6 Å². The summed E-state index contributed by atoms with van der Waals surface area (Å²) in [7, 11) is 0. The van der Waals surface area contributed by atoms with E-state index in [0.29, 0.717) is 31.1 Å². The molecule has 1 saturated heterocycles. The summed E-state index contributed by atoms with van der Waals surface area (Å²) in [4.78, 5) is 13.7. The number of nitrogens with one attached hydrogen (secondary N) is 1. The minimum absolute atomic E-state index is 0.0836. The first-order valence-electron chi connectivity index (χ1n) is 5.77. The molecular weight excluding hydrogens is 222 g/mol. The molecule has 1 aromatic rings. The van der Waals surface area contributed by atoms with Crippen LogP contribution in [-0.4, -0.2) is 46.8 Å². The number of likely N-dealkylation sites (tertiary alicyclic amines) is 1. The number of rotatable bonds is 4. The lowest BCUT2D eigenvalue weighted by Gasteiger charge is -2.13. The van der Waals surface area contributed by atoms with Crippen LogP contribution in [0.3, 0.4) is 0 Å². The number of carbonyl (C=O) groups is 1. The minimum atomic E-state index is -0.240. The summed E-state index contributed by atoms with van der Waals surface area (Å²) in [6, 6.07) is 1.68. The lowest BCUT2D eigenvalue weighted by Crippen LogP contribution is -2.26. The van der Waals surface area contributed by atoms with Crippen LogP contribution in [-0.2, 0) is 4.79 Å². The van der Waals surface area contributed by atoms with Gasteiger partial charge in [0.1, 0.15) is 5.76 Å². The van der Waals surface area contributed by atoms with Crippen molar-refractivity contribution in [2.75, 3.05) is 25.0 Å². The van der Waals surface area contributed by atoms with Crippen LogP contribution in [0.25, 0.3) is 0 Å². The summed E-state index contributed by atoms with van der Waals surface area (Å²) in [6.07, 6.45) is 0.958. The summed E-state index contributed by atoms with van der Waals surface area (Å²) < 4.78 is 4.85. The third-order valence-corrected chi connectivity index (χ3v) is 2.80. The predicted octanol–water partition coefficient (Wildman–Crippen LogP) is 0.378. The van der Waals surface area contributed by atoms with E-state index in [2.05, 4.69) is 15.4 Å². The molecule has 0 aliphatic carbocycles. The Hall–Kier alpha value is -1.40. The molecule has 1 unspecified atom stereocenters. The van der Waals surface area contributed by atoms with Crippen LogP contribution in [0, 0.1) is 6.92 Å². The molecule has 0 aromatic carbocycles. The number of amides is 1. The van der Waals surface area contributed by atoms with E-state index in [9.17, 15) is 9.90 Å². The fourth-order valence-corrected chi connectivity index (χ4v) is 1.91. The lowest BCUT2D eigenvalue weighted by atomic mass is 10.3. The van der Waals surface area contributed by atoms with Crippen molar-refractivity contribution in [1.82, 2.24) is 10.1 Å². The second-order valence-corrected chi connectivity index (χ2v) is 4.36. The van der Waals surface area contributed by atoms with Gasteiger partial charge in [-0.2, -0.15) is 0 Å². The Labute approximate surface area is 99.6 Å². The highest BCUT2D eigenvalue weighted by Crippen LogP contribution is 2.10. The summed E-state index contributed by atoms with van der Waals surface area (Å²) in [5.41, 5.74) is 0. The lowest BCUT2D eigenvalue weighted by molar-refractivity contribution is -0.116. The van der Waals surface area contributed by atoms with Gasteiger partial charge in [0.15, 0.2) is 5.82 Å². The third kappa shape index (κ3) is 3.54. The minimum Gasteiger partial charge on any atom is -0.392 e. The van der Waals surface area contributed by atoms with Crippen LogP contribution in [0.2, 0.25) is 0 Å². The van der Waals surface area contributed by atoms with Gasteiger partial charge < -0.3 is 19.8 Å². The zero-order chi connectivity index (χ0) is 12.3. The Bertz CT molecular complexity index is 391. The Balaban J connectivity index is 1.71. The van der Waals surface area contributed by atoms with E-state index in [-0.39, 0.29) is 12.0 Å². The van der Waals surface area contributed by atoms with E-state index in [1.54, 1.807) is 13.0 Å². The van der Waals surface area contributed by atoms with Crippen molar-refractivity contribution in [2.24, 2.45) is 0 Å². The summed E-state index contributed by atoms with van der Waals surface area (Å²) in [6.45, 7) is 3.96. The SMILES string of the molecule is Cc1cc(NC(=O)CCN2CCC(O)C2)no1. The molecule has 1 aliphatic heterocycles. The molecule has 1 fully saturated rings. The summed E-state index contributed by atoms with van der Waals surface area (Å²) in [5, 5.41) is 15.7. The Kier molecular flexibility index (Phi) is 3.75. The molecule has 1 amide bonds. The van der Waals surface area contributed by atoms with E-state index < -0.39 is 0 Å². The highest BCUT2D eigenvalue weighted by molar-refractivity contribution is 5.89. The molecule has 2 N–H and O–H groups in total. The van der Waals surface area contributed by atoms with E-state index in [4.69, 9.17) is 4.52 Å². The molecule has 2 heterocycles. The first-order chi connectivity index (χ1) is 8.13. The molecule has 1 aliphatic rings. The van der Waals surface area contributed by atoms with E-state index in [0.717, 1.165) is 13.0 Å². The highest BCUT2D eigenvalue weighted by atomic mass is 16.5. The fourth-order valence-electron chi connectivity index (χ4n) is 1.91. The van der Waals surface area contributed by atoms with Gasteiger partial charge in [0.2, 0.25) is 5.91 Å². The van der Waals surface area contributed by atoms with Crippen LogP contribution < -0.4 is 5.32 Å². The van der Waals surface area contributed by atoms with Gasteiger partial charge in [0.25, 0.3) is 0 Å². The van der Waals surface area contributed by atoms with Crippen molar-refractivity contribution in [3.05, 3.63) is 11.8 Å². The van der Waals surface area contributed by atoms with E-state index >= 15 is 0 Å². The fraction of sp³-hybridized carbons (Fsp3) is 0.636. The summed E-state index contributed by atoms with van der Waals surface area (Å²) >= 11 is 0. The Morgan fingerprint density at radius 1 is 1.76 bits per heavy atom. The number of aliphatic hydroxyl groups excluding tert-OH is 1. The van der Waals surface area contributed by atoms with Gasteiger partial charge in [-0.05, 0) is 13.3 Å². The smallest absolute Gasteiger partial charge is 0.226 e. The van der Waals surface area contributed by atoms with Gasteiger partial charge in [-0.25, -0.2) is 0 Å². The molecule has 0 saturated carbocycles. The molecule has 1 atom stereocenters. The topological polar surface area (TPSA) is 78.6 Å². The second-order valence-electron chi connectivity index (χ2n) is 4.36. The van der Waals surface area contributed by atoms with E-state index in [1.807, 2.05) is 0 Å². The molecule has 6 nitrogen and oxygen atoms in total. The molecule has 0 spiro atoms. The number of aromatic nitrogens is 1. The first-order valence-corrected chi connectivity index (χ1v) is 5.77. The maximum absolute atomic E-state index is 11.6. The van der Waals surface area contributed by atoms with Gasteiger partial charge in [-0.15, -0.1) is 0 Å². The van der Waals surface area contributed by atoms with Crippen molar-refractivity contribution in [2.45, 2.75) is 25.9 Å². The molecule has 94 valence electrons.